The summed E-state index contributed by atoms with van der Waals surface area (Å²) in [6.45, 7) is 4.33. The Labute approximate surface area is 156 Å². The van der Waals surface area contributed by atoms with Crippen LogP contribution in [0.4, 0.5) is 5.69 Å². The van der Waals surface area contributed by atoms with Crippen LogP contribution in [0.15, 0.2) is 18.3 Å². The summed E-state index contributed by atoms with van der Waals surface area (Å²) in [7, 11) is -5.00. The highest BCUT2D eigenvalue weighted by molar-refractivity contribution is 7.92. The maximum atomic E-state index is 12.1. The lowest BCUT2D eigenvalue weighted by Crippen LogP contribution is -2.42. The van der Waals surface area contributed by atoms with E-state index in [4.69, 9.17) is 4.74 Å². The van der Waals surface area contributed by atoms with Crippen LogP contribution in [0.3, 0.4) is 0 Å². The predicted molar refractivity (Wildman–Crippen MR) is 101 cm³/mol. The Hall–Kier alpha value is -1.39. The lowest BCUT2D eigenvalue weighted by molar-refractivity contribution is 0.130. The summed E-state index contributed by atoms with van der Waals surface area (Å²) in [5, 5.41) is 0. The van der Waals surface area contributed by atoms with E-state index in [0.29, 0.717) is 43.9 Å². The molecular weight excluding hydrogens is 378 g/mol. The fourth-order valence-corrected chi connectivity index (χ4v) is 5.13. The van der Waals surface area contributed by atoms with E-state index in [1.807, 2.05) is 6.92 Å². The van der Waals surface area contributed by atoms with Crippen LogP contribution >= 0.6 is 0 Å². The average Bonchev–Trinajstić information content (AvgIpc) is 2.62. The molecule has 1 aromatic heterocycles. The number of hydrogen-bond donors (Lipinski definition) is 0. The molecule has 1 saturated heterocycles. The number of pyridine rings is 1. The molecule has 148 valence electrons. The Bertz CT molecular complexity index is 786. The minimum absolute atomic E-state index is 0.0151. The SMILES string of the molecule is CCCS(=O)(=O)N1CCC(Oc2ccc(N(C)S(=O)(=O)CC)cn2)CC1. The maximum absolute atomic E-state index is 12.1. The summed E-state index contributed by atoms with van der Waals surface area (Å²) in [4.78, 5) is 4.18. The molecule has 0 saturated carbocycles. The van der Waals surface area contributed by atoms with E-state index in [9.17, 15) is 16.8 Å². The molecule has 1 aliphatic heterocycles. The number of sulfonamides is 2. The van der Waals surface area contributed by atoms with Crippen molar-refractivity contribution in [2.45, 2.75) is 39.2 Å². The molecule has 0 amide bonds. The fraction of sp³-hybridized carbons (Fsp3) is 0.688. The van der Waals surface area contributed by atoms with E-state index in [0.717, 1.165) is 0 Å². The van der Waals surface area contributed by atoms with Crippen LogP contribution in [0.2, 0.25) is 0 Å². The maximum Gasteiger partial charge on any atom is 0.234 e. The lowest BCUT2D eigenvalue weighted by atomic mass is 10.1. The fourth-order valence-electron chi connectivity index (χ4n) is 2.77. The van der Waals surface area contributed by atoms with Crippen molar-refractivity contribution in [3.05, 3.63) is 18.3 Å². The van der Waals surface area contributed by atoms with Gasteiger partial charge in [0.1, 0.15) is 6.10 Å². The zero-order valence-corrected chi connectivity index (χ0v) is 17.1. The molecule has 2 rings (SSSR count). The molecule has 0 aromatic carbocycles. The highest BCUT2D eigenvalue weighted by Crippen LogP contribution is 2.22. The van der Waals surface area contributed by atoms with E-state index in [2.05, 4.69) is 4.98 Å². The zero-order chi connectivity index (χ0) is 19.4. The first-order chi connectivity index (χ1) is 12.2. The average molecular weight is 406 g/mol. The summed E-state index contributed by atoms with van der Waals surface area (Å²) in [6.07, 6.45) is 3.19. The van der Waals surface area contributed by atoms with Crippen molar-refractivity contribution >= 4 is 25.7 Å². The topological polar surface area (TPSA) is 96.9 Å². The first-order valence-electron chi connectivity index (χ1n) is 8.76. The van der Waals surface area contributed by atoms with Gasteiger partial charge in [-0.25, -0.2) is 26.1 Å². The molecule has 0 aliphatic carbocycles. The van der Waals surface area contributed by atoms with Gasteiger partial charge in [-0.15, -0.1) is 0 Å². The molecule has 0 N–H and O–H groups in total. The van der Waals surface area contributed by atoms with E-state index in [-0.39, 0.29) is 17.6 Å². The number of anilines is 1. The Balaban J connectivity index is 1.93. The third-order valence-corrected chi connectivity index (χ3v) is 8.26. The molecule has 0 bridgehead atoms. The summed E-state index contributed by atoms with van der Waals surface area (Å²) >= 11 is 0. The van der Waals surface area contributed by atoms with E-state index >= 15 is 0 Å². The van der Waals surface area contributed by atoms with Crippen molar-refractivity contribution in [3.63, 3.8) is 0 Å². The number of piperidine rings is 1. The zero-order valence-electron chi connectivity index (χ0n) is 15.5. The highest BCUT2D eigenvalue weighted by Gasteiger charge is 2.28. The van der Waals surface area contributed by atoms with Crippen molar-refractivity contribution in [3.8, 4) is 5.88 Å². The molecule has 8 nitrogen and oxygen atoms in total. The van der Waals surface area contributed by atoms with Crippen LogP contribution in [0.5, 0.6) is 5.88 Å². The molecule has 26 heavy (non-hydrogen) atoms. The molecular formula is C16H27N3O5S2. The van der Waals surface area contributed by atoms with Gasteiger partial charge in [-0.2, -0.15) is 0 Å². The number of rotatable bonds is 8. The number of nitrogens with zero attached hydrogens (tertiary/aromatic N) is 3. The summed E-state index contributed by atoms with van der Waals surface area (Å²) in [5.41, 5.74) is 0.472. The Kier molecular flexibility index (Phi) is 6.86. The molecule has 0 unspecified atom stereocenters. The molecule has 2 heterocycles. The van der Waals surface area contributed by atoms with Crippen molar-refractivity contribution in [1.29, 1.82) is 0 Å². The molecule has 10 heteroatoms. The van der Waals surface area contributed by atoms with Crippen LogP contribution in [-0.2, 0) is 20.0 Å². The van der Waals surface area contributed by atoms with Gasteiger partial charge in [0.15, 0.2) is 0 Å². The normalized spacial score (nSPS) is 17.2. The van der Waals surface area contributed by atoms with Gasteiger partial charge < -0.3 is 4.74 Å². The van der Waals surface area contributed by atoms with Gasteiger partial charge in [0, 0.05) is 26.2 Å². The van der Waals surface area contributed by atoms with Crippen LogP contribution in [0, 0.1) is 0 Å². The molecule has 1 aliphatic rings. The minimum Gasteiger partial charge on any atom is -0.474 e. The van der Waals surface area contributed by atoms with E-state index in [1.54, 1.807) is 19.1 Å². The van der Waals surface area contributed by atoms with Crippen molar-refractivity contribution in [1.82, 2.24) is 9.29 Å². The molecule has 0 atom stereocenters. The first-order valence-corrected chi connectivity index (χ1v) is 12.0. The van der Waals surface area contributed by atoms with Gasteiger partial charge >= 0.3 is 0 Å². The third-order valence-electron chi connectivity index (χ3n) is 4.41. The predicted octanol–water partition coefficient (Wildman–Crippen LogP) is 1.45. The Morgan fingerprint density at radius 3 is 2.35 bits per heavy atom. The minimum atomic E-state index is -3.33. The molecule has 0 radical (unpaired) electrons. The number of hydrogen-bond acceptors (Lipinski definition) is 6. The summed E-state index contributed by atoms with van der Waals surface area (Å²) in [5.74, 6) is 0.600. The monoisotopic (exact) mass is 405 g/mol. The standard InChI is InChI=1S/C16H27N3O5S2/c1-4-12-26(22,23)19-10-8-15(9-11-19)24-16-7-6-14(13-17-16)18(3)25(20,21)5-2/h6-7,13,15H,4-5,8-12H2,1-3H3. The lowest BCUT2D eigenvalue weighted by Gasteiger charge is -2.31. The smallest absolute Gasteiger partial charge is 0.234 e. The van der Waals surface area contributed by atoms with E-state index < -0.39 is 20.0 Å². The highest BCUT2D eigenvalue weighted by atomic mass is 32.2. The van der Waals surface area contributed by atoms with Crippen molar-refractivity contribution < 1.29 is 21.6 Å². The first kappa shape index (κ1) is 20.9. The Morgan fingerprint density at radius 2 is 1.85 bits per heavy atom. The van der Waals surface area contributed by atoms with Crippen molar-refractivity contribution in [2.75, 3.05) is 35.9 Å². The van der Waals surface area contributed by atoms with Crippen LogP contribution < -0.4 is 9.04 Å². The van der Waals surface area contributed by atoms with Crippen molar-refractivity contribution in [2.24, 2.45) is 0 Å². The second kappa shape index (κ2) is 8.53. The summed E-state index contributed by atoms with van der Waals surface area (Å²) in [6, 6.07) is 3.29. The quantitative estimate of drug-likeness (QED) is 0.649. The second-order valence-corrected chi connectivity index (χ2v) is 10.6. The number of ether oxygens (including phenoxy) is 1. The van der Waals surface area contributed by atoms with E-state index in [1.165, 1.54) is 21.9 Å². The van der Waals surface area contributed by atoms with Gasteiger partial charge in [0.05, 0.1) is 23.4 Å². The van der Waals surface area contributed by atoms with Crippen LogP contribution in [0.1, 0.15) is 33.1 Å². The van der Waals surface area contributed by atoms with Gasteiger partial charge in [0.25, 0.3) is 0 Å². The molecule has 0 spiro atoms. The number of aromatic nitrogens is 1. The molecule has 1 fully saturated rings. The van der Waals surface area contributed by atoms with Crippen LogP contribution in [0.25, 0.3) is 0 Å². The Morgan fingerprint density at radius 1 is 1.19 bits per heavy atom. The largest absolute Gasteiger partial charge is 0.474 e. The van der Waals surface area contributed by atoms with Gasteiger partial charge in [0.2, 0.25) is 25.9 Å². The van der Waals surface area contributed by atoms with Gasteiger partial charge in [-0.3, -0.25) is 4.31 Å². The third kappa shape index (κ3) is 5.08. The summed E-state index contributed by atoms with van der Waals surface area (Å²) < 4.78 is 56.4. The van der Waals surface area contributed by atoms with Gasteiger partial charge in [-0.05, 0) is 32.3 Å². The second-order valence-electron chi connectivity index (χ2n) is 6.25. The molecule has 1 aromatic rings. The van der Waals surface area contributed by atoms with Gasteiger partial charge in [-0.1, -0.05) is 6.92 Å². The van der Waals surface area contributed by atoms with Crippen LogP contribution in [-0.4, -0.2) is 63.9 Å².